The molecule has 0 amide bonds. The van der Waals surface area contributed by atoms with Gasteiger partial charge in [0, 0.05) is 12.1 Å². The number of aliphatic hydroxyl groups is 1. The third kappa shape index (κ3) is 3.95. The maximum Gasteiger partial charge on any atom is 0.123 e. The van der Waals surface area contributed by atoms with E-state index >= 15 is 0 Å². The number of benzene rings is 2. The summed E-state index contributed by atoms with van der Waals surface area (Å²) in [7, 11) is 1.63. The van der Waals surface area contributed by atoms with E-state index in [1.807, 2.05) is 31.2 Å². The monoisotopic (exact) mass is 289 g/mol. The van der Waals surface area contributed by atoms with Crippen LogP contribution in [-0.4, -0.2) is 24.4 Å². The van der Waals surface area contributed by atoms with Crippen LogP contribution in [0, 0.1) is 5.82 Å². The summed E-state index contributed by atoms with van der Waals surface area (Å²) >= 11 is 0. The summed E-state index contributed by atoms with van der Waals surface area (Å²) in [5.41, 5.74) is 1.21. The third-order valence-corrected chi connectivity index (χ3v) is 3.41. The van der Waals surface area contributed by atoms with Gasteiger partial charge in [0.25, 0.3) is 0 Å². The van der Waals surface area contributed by atoms with E-state index in [1.165, 1.54) is 12.1 Å². The first-order valence-electron chi connectivity index (χ1n) is 6.83. The van der Waals surface area contributed by atoms with Gasteiger partial charge in [0.05, 0.1) is 19.3 Å². The van der Waals surface area contributed by atoms with E-state index in [9.17, 15) is 9.50 Å². The van der Waals surface area contributed by atoms with Gasteiger partial charge in [-0.3, -0.25) is 0 Å². The molecule has 0 saturated carbocycles. The molecule has 0 radical (unpaired) electrons. The number of rotatable bonds is 6. The Hall–Kier alpha value is -2.07. The summed E-state index contributed by atoms with van der Waals surface area (Å²) in [5.74, 6) is 0.508. The van der Waals surface area contributed by atoms with E-state index in [2.05, 4.69) is 5.32 Å². The van der Waals surface area contributed by atoms with Crippen LogP contribution in [0.4, 0.5) is 10.1 Å². The standard InChI is InChI=1S/C17H20FNO2/c1-17(12-20,19-15-9-7-14(18)8-10-15)11-13-5-3-4-6-16(13)21-2/h3-10,19-20H,11-12H2,1-2H3. The van der Waals surface area contributed by atoms with Crippen LogP contribution in [0.1, 0.15) is 12.5 Å². The fourth-order valence-corrected chi connectivity index (χ4v) is 2.29. The number of halogens is 1. The van der Waals surface area contributed by atoms with Crippen LogP contribution >= 0.6 is 0 Å². The highest BCUT2D eigenvalue weighted by atomic mass is 19.1. The average molecular weight is 289 g/mol. The number of hydrogen-bond donors (Lipinski definition) is 2. The quantitative estimate of drug-likeness (QED) is 0.858. The predicted molar refractivity (Wildman–Crippen MR) is 82.2 cm³/mol. The molecular weight excluding hydrogens is 269 g/mol. The van der Waals surface area contributed by atoms with Crippen LogP contribution in [0.15, 0.2) is 48.5 Å². The van der Waals surface area contributed by atoms with Crippen LogP contribution in [0.3, 0.4) is 0 Å². The molecule has 2 aromatic rings. The zero-order valence-electron chi connectivity index (χ0n) is 12.3. The van der Waals surface area contributed by atoms with Crippen LogP contribution in [0.5, 0.6) is 5.75 Å². The highest BCUT2D eigenvalue weighted by Crippen LogP contribution is 2.25. The first kappa shape index (κ1) is 15.3. The lowest BCUT2D eigenvalue weighted by Gasteiger charge is -2.30. The van der Waals surface area contributed by atoms with Gasteiger partial charge in [0.15, 0.2) is 0 Å². The van der Waals surface area contributed by atoms with Gasteiger partial charge in [-0.2, -0.15) is 0 Å². The maximum atomic E-state index is 13.0. The lowest BCUT2D eigenvalue weighted by atomic mass is 9.92. The summed E-state index contributed by atoms with van der Waals surface area (Å²) in [6.45, 7) is 1.87. The SMILES string of the molecule is COc1ccccc1CC(C)(CO)Nc1ccc(F)cc1. The second-order valence-electron chi connectivity index (χ2n) is 5.34. The first-order chi connectivity index (χ1) is 10.1. The molecule has 4 heteroatoms. The second-order valence-corrected chi connectivity index (χ2v) is 5.34. The molecule has 3 nitrogen and oxygen atoms in total. The molecule has 2 aromatic carbocycles. The van der Waals surface area contributed by atoms with Gasteiger partial charge < -0.3 is 15.2 Å². The van der Waals surface area contributed by atoms with Crippen LogP contribution in [-0.2, 0) is 6.42 Å². The van der Waals surface area contributed by atoms with Crippen molar-refractivity contribution in [3.63, 3.8) is 0 Å². The predicted octanol–water partition coefficient (Wildman–Crippen LogP) is 3.24. The Morgan fingerprint density at radius 2 is 1.81 bits per heavy atom. The number of ether oxygens (including phenoxy) is 1. The van der Waals surface area contributed by atoms with Crippen molar-refractivity contribution in [1.82, 2.24) is 0 Å². The number of nitrogens with one attached hydrogen (secondary N) is 1. The highest BCUT2D eigenvalue weighted by molar-refractivity contribution is 5.46. The molecule has 0 aliphatic heterocycles. The van der Waals surface area contributed by atoms with E-state index < -0.39 is 5.54 Å². The minimum atomic E-state index is -0.563. The lowest BCUT2D eigenvalue weighted by Crippen LogP contribution is -2.41. The summed E-state index contributed by atoms with van der Waals surface area (Å²) in [6.07, 6.45) is 0.588. The minimum Gasteiger partial charge on any atom is -0.496 e. The Morgan fingerprint density at radius 3 is 2.43 bits per heavy atom. The molecule has 2 N–H and O–H groups in total. The van der Waals surface area contributed by atoms with Gasteiger partial charge in [0.2, 0.25) is 0 Å². The Balaban J connectivity index is 2.18. The van der Waals surface area contributed by atoms with Gasteiger partial charge >= 0.3 is 0 Å². The third-order valence-electron chi connectivity index (χ3n) is 3.41. The molecule has 112 valence electrons. The fraction of sp³-hybridized carbons (Fsp3) is 0.294. The molecule has 0 fully saturated rings. The Kier molecular flexibility index (Phi) is 4.81. The number of hydrogen-bond acceptors (Lipinski definition) is 3. The minimum absolute atomic E-state index is 0.0531. The number of anilines is 1. The smallest absolute Gasteiger partial charge is 0.123 e. The number of aliphatic hydroxyl groups excluding tert-OH is 1. The molecule has 1 atom stereocenters. The number of para-hydroxylation sites is 1. The Morgan fingerprint density at radius 1 is 1.14 bits per heavy atom. The molecule has 0 aliphatic rings. The molecule has 0 spiro atoms. The molecule has 0 aliphatic carbocycles. The van der Waals surface area contributed by atoms with E-state index in [0.717, 1.165) is 17.0 Å². The maximum absolute atomic E-state index is 13.0. The van der Waals surface area contributed by atoms with Crippen molar-refractivity contribution in [1.29, 1.82) is 0 Å². The van der Waals surface area contributed by atoms with Crippen molar-refractivity contribution >= 4 is 5.69 Å². The van der Waals surface area contributed by atoms with Gasteiger partial charge in [0.1, 0.15) is 11.6 Å². The van der Waals surface area contributed by atoms with E-state index in [1.54, 1.807) is 19.2 Å². The Bertz CT molecular complexity index is 586. The van der Waals surface area contributed by atoms with E-state index in [0.29, 0.717) is 6.42 Å². The molecule has 0 bridgehead atoms. The normalized spacial score (nSPS) is 13.5. The second kappa shape index (κ2) is 6.59. The van der Waals surface area contributed by atoms with Crippen molar-refractivity contribution < 1.29 is 14.2 Å². The van der Waals surface area contributed by atoms with E-state index in [4.69, 9.17) is 4.74 Å². The molecule has 0 heterocycles. The highest BCUT2D eigenvalue weighted by Gasteiger charge is 2.25. The van der Waals surface area contributed by atoms with Crippen LogP contribution in [0.25, 0.3) is 0 Å². The fourth-order valence-electron chi connectivity index (χ4n) is 2.29. The van der Waals surface area contributed by atoms with Crippen molar-refractivity contribution in [3.05, 3.63) is 59.9 Å². The van der Waals surface area contributed by atoms with Crippen LogP contribution in [0.2, 0.25) is 0 Å². The lowest BCUT2D eigenvalue weighted by molar-refractivity contribution is 0.221. The average Bonchev–Trinajstić information content (AvgIpc) is 2.50. The van der Waals surface area contributed by atoms with Gasteiger partial charge in [-0.1, -0.05) is 18.2 Å². The molecule has 1 unspecified atom stereocenters. The molecule has 2 rings (SSSR count). The van der Waals surface area contributed by atoms with Crippen molar-refractivity contribution in [3.8, 4) is 5.75 Å². The zero-order valence-corrected chi connectivity index (χ0v) is 12.3. The summed E-state index contributed by atoms with van der Waals surface area (Å²) in [6, 6.07) is 13.8. The molecular formula is C17H20FNO2. The van der Waals surface area contributed by atoms with Crippen molar-refractivity contribution in [2.24, 2.45) is 0 Å². The van der Waals surface area contributed by atoms with Gasteiger partial charge in [-0.15, -0.1) is 0 Å². The first-order valence-corrected chi connectivity index (χ1v) is 6.83. The zero-order chi connectivity index (χ0) is 15.3. The summed E-state index contributed by atoms with van der Waals surface area (Å²) in [5, 5.41) is 13.0. The largest absolute Gasteiger partial charge is 0.496 e. The molecule has 21 heavy (non-hydrogen) atoms. The number of methoxy groups -OCH3 is 1. The van der Waals surface area contributed by atoms with Gasteiger partial charge in [-0.25, -0.2) is 4.39 Å². The van der Waals surface area contributed by atoms with Crippen molar-refractivity contribution in [2.75, 3.05) is 19.0 Å². The summed E-state index contributed by atoms with van der Waals surface area (Å²) < 4.78 is 18.3. The molecule has 0 aromatic heterocycles. The van der Waals surface area contributed by atoms with Gasteiger partial charge in [-0.05, 0) is 42.8 Å². The van der Waals surface area contributed by atoms with E-state index in [-0.39, 0.29) is 12.4 Å². The Labute approximate surface area is 124 Å². The molecule has 0 saturated heterocycles. The van der Waals surface area contributed by atoms with Crippen LogP contribution < -0.4 is 10.1 Å². The van der Waals surface area contributed by atoms with Crippen molar-refractivity contribution in [2.45, 2.75) is 18.9 Å². The topological polar surface area (TPSA) is 41.5 Å². The summed E-state index contributed by atoms with van der Waals surface area (Å²) in [4.78, 5) is 0.